The third kappa shape index (κ3) is 9.87. The zero-order valence-corrected chi connectivity index (χ0v) is 14.4. The van der Waals surface area contributed by atoms with Crippen molar-refractivity contribution in [2.45, 2.75) is 52.8 Å². The minimum absolute atomic E-state index is 0.163. The lowest BCUT2D eigenvalue weighted by molar-refractivity contribution is -0.132. The summed E-state index contributed by atoms with van der Waals surface area (Å²) >= 11 is 0. The van der Waals surface area contributed by atoms with Gasteiger partial charge in [0.05, 0.1) is 6.42 Å². The number of hydrogen-bond donors (Lipinski definition) is 2. The highest BCUT2D eigenvalue weighted by molar-refractivity contribution is 5.79. The molecule has 0 amide bonds. The van der Waals surface area contributed by atoms with Crippen molar-refractivity contribution in [1.82, 2.24) is 15.5 Å². The molecule has 0 aliphatic heterocycles. The quantitative estimate of drug-likeness (QED) is 0.506. The molecule has 132 valence electrons. The minimum atomic E-state index is -4.15. The Balaban J connectivity index is 4.41. The van der Waals surface area contributed by atoms with E-state index in [9.17, 15) is 13.2 Å². The number of nitrogens with zero attached hydrogens (tertiary/aromatic N) is 2. The van der Waals surface area contributed by atoms with Crippen molar-refractivity contribution >= 4 is 5.96 Å². The zero-order valence-electron chi connectivity index (χ0n) is 14.4. The van der Waals surface area contributed by atoms with E-state index in [1.54, 1.807) is 7.05 Å². The van der Waals surface area contributed by atoms with E-state index < -0.39 is 12.6 Å². The van der Waals surface area contributed by atoms with Crippen molar-refractivity contribution in [3.63, 3.8) is 0 Å². The number of alkyl halides is 3. The third-order valence-electron chi connectivity index (χ3n) is 3.50. The van der Waals surface area contributed by atoms with Crippen LogP contribution in [0, 0.1) is 5.92 Å². The van der Waals surface area contributed by atoms with E-state index in [1.165, 1.54) is 0 Å². The van der Waals surface area contributed by atoms with Gasteiger partial charge < -0.3 is 10.6 Å². The van der Waals surface area contributed by atoms with Gasteiger partial charge in [-0.05, 0) is 25.4 Å². The Labute approximate surface area is 132 Å². The second kappa shape index (κ2) is 10.7. The average molecular weight is 324 g/mol. The molecule has 1 atom stereocenters. The maximum absolute atomic E-state index is 12.2. The fourth-order valence-corrected chi connectivity index (χ4v) is 2.40. The Morgan fingerprint density at radius 2 is 1.73 bits per heavy atom. The largest absolute Gasteiger partial charge is 0.390 e. The molecule has 0 aromatic heterocycles. The summed E-state index contributed by atoms with van der Waals surface area (Å²) in [6.07, 6.45) is -3.97. The van der Waals surface area contributed by atoms with Crippen molar-refractivity contribution in [3.05, 3.63) is 0 Å². The fourth-order valence-electron chi connectivity index (χ4n) is 2.40. The number of aliphatic imine (C=N–C) groups is 1. The lowest BCUT2D eigenvalue weighted by Crippen LogP contribution is -2.48. The maximum atomic E-state index is 12.2. The van der Waals surface area contributed by atoms with Gasteiger partial charge in [-0.25, -0.2) is 0 Å². The summed E-state index contributed by atoms with van der Waals surface area (Å²) in [5, 5.41) is 5.85. The first-order valence-electron chi connectivity index (χ1n) is 7.98. The van der Waals surface area contributed by atoms with E-state index in [1.807, 2.05) is 0 Å². The predicted octanol–water partition coefficient (Wildman–Crippen LogP) is 2.86. The van der Waals surface area contributed by atoms with E-state index >= 15 is 0 Å². The standard InChI is InChI=1S/C15H31F3N4/c1-6-22(7-2)13(10-12(3)4)11-21-14(19-5)20-9-8-15(16,17)18/h12-13H,6-11H2,1-5H3,(H2,19,20,21). The van der Waals surface area contributed by atoms with Crippen LogP contribution in [0.1, 0.15) is 40.5 Å². The second-order valence-corrected chi connectivity index (χ2v) is 5.75. The van der Waals surface area contributed by atoms with Gasteiger partial charge in [0, 0.05) is 26.2 Å². The van der Waals surface area contributed by atoms with Gasteiger partial charge in [0.25, 0.3) is 0 Å². The molecular weight excluding hydrogens is 293 g/mol. The van der Waals surface area contributed by atoms with Crippen LogP contribution in [0.25, 0.3) is 0 Å². The monoisotopic (exact) mass is 324 g/mol. The Hall–Kier alpha value is -0.980. The van der Waals surface area contributed by atoms with Crippen LogP contribution >= 0.6 is 0 Å². The Morgan fingerprint density at radius 3 is 2.14 bits per heavy atom. The molecule has 0 aromatic rings. The highest BCUT2D eigenvalue weighted by Crippen LogP contribution is 2.18. The molecule has 0 fully saturated rings. The van der Waals surface area contributed by atoms with Gasteiger partial charge in [0.1, 0.15) is 0 Å². The smallest absolute Gasteiger partial charge is 0.356 e. The number of nitrogens with one attached hydrogen (secondary N) is 2. The maximum Gasteiger partial charge on any atom is 0.390 e. The highest BCUT2D eigenvalue weighted by atomic mass is 19.4. The van der Waals surface area contributed by atoms with E-state index in [0.29, 0.717) is 24.5 Å². The molecule has 2 N–H and O–H groups in total. The fraction of sp³-hybridized carbons (Fsp3) is 0.933. The van der Waals surface area contributed by atoms with Crippen LogP contribution in [0.3, 0.4) is 0 Å². The van der Waals surface area contributed by atoms with Gasteiger partial charge >= 0.3 is 6.18 Å². The van der Waals surface area contributed by atoms with Gasteiger partial charge in [-0.1, -0.05) is 27.7 Å². The van der Waals surface area contributed by atoms with E-state index in [0.717, 1.165) is 19.5 Å². The number of likely N-dealkylation sites (N-methyl/N-ethyl adjacent to an activating group) is 1. The van der Waals surface area contributed by atoms with Crippen molar-refractivity contribution in [3.8, 4) is 0 Å². The molecule has 1 unspecified atom stereocenters. The highest BCUT2D eigenvalue weighted by Gasteiger charge is 2.26. The van der Waals surface area contributed by atoms with Crippen molar-refractivity contribution < 1.29 is 13.2 Å². The molecule has 22 heavy (non-hydrogen) atoms. The van der Waals surface area contributed by atoms with Crippen LogP contribution in [0.2, 0.25) is 0 Å². The molecule has 0 heterocycles. The van der Waals surface area contributed by atoms with Crippen molar-refractivity contribution in [2.24, 2.45) is 10.9 Å². The Kier molecular flexibility index (Phi) is 10.2. The van der Waals surface area contributed by atoms with Gasteiger partial charge in [0.15, 0.2) is 5.96 Å². The molecule has 0 aromatic carbocycles. The molecule has 0 aliphatic carbocycles. The molecular formula is C15H31F3N4. The van der Waals surface area contributed by atoms with E-state index in [4.69, 9.17) is 0 Å². The molecule has 4 nitrogen and oxygen atoms in total. The average Bonchev–Trinajstić information content (AvgIpc) is 2.41. The lowest BCUT2D eigenvalue weighted by atomic mass is 10.0. The topological polar surface area (TPSA) is 39.7 Å². The third-order valence-corrected chi connectivity index (χ3v) is 3.50. The van der Waals surface area contributed by atoms with Crippen LogP contribution in [-0.2, 0) is 0 Å². The number of rotatable bonds is 9. The first kappa shape index (κ1) is 21.0. The van der Waals surface area contributed by atoms with Crippen molar-refractivity contribution in [2.75, 3.05) is 33.2 Å². The molecule has 0 saturated carbocycles. The first-order valence-corrected chi connectivity index (χ1v) is 7.98. The predicted molar refractivity (Wildman–Crippen MR) is 86.2 cm³/mol. The summed E-state index contributed by atoms with van der Waals surface area (Å²) in [5.41, 5.74) is 0. The number of hydrogen-bond acceptors (Lipinski definition) is 2. The van der Waals surface area contributed by atoms with E-state index in [2.05, 4.69) is 48.2 Å². The molecule has 0 rings (SSSR count). The van der Waals surface area contributed by atoms with Gasteiger partial charge in [0.2, 0.25) is 0 Å². The Morgan fingerprint density at radius 1 is 1.14 bits per heavy atom. The summed E-state index contributed by atoms with van der Waals surface area (Å²) < 4.78 is 36.5. The molecule has 0 spiro atoms. The molecule has 0 aliphatic rings. The summed E-state index contributed by atoms with van der Waals surface area (Å²) in [6, 6.07) is 0.344. The van der Waals surface area contributed by atoms with Crippen LogP contribution in [0.4, 0.5) is 13.2 Å². The van der Waals surface area contributed by atoms with Gasteiger partial charge in [-0.2, -0.15) is 13.2 Å². The number of halogens is 3. The van der Waals surface area contributed by atoms with Crippen LogP contribution in [0.5, 0.6) is 0 Å². The first-order chi connectivity index (χ1) is 10.2. The van der Waals surface area contributed by atoms with Gasteiger partial charge in [-0.3, -0.25) is 9.89 Å². The number of guanidine groups is 1. The summed E-state index contributed by atoms with van der Waals surface area (Å²) in [6.45, 7) is 11.0. The Bertz CT molecular complexity index is 312. The molecule has 0 bridgehead atoms. The van der Waals surface area contributed by atoms with Crippen molar-refractivity contribution in [1.29, 1.82) is 0 Å². The van der Waals surface area contributed by atoms with Gasteiger partial charge in [-0.15, -0.1) is 0 Å². The molecule has 0 radical (unpaired) electrons. The van der Waals surface area contributed by atoms with Crippen LogP contribution in [-0.4, -0.2) is 56.3 Å². The van der Waals surface area contributed by atoms with E-state index in [-0.39, 0.29) is 6.54 Å². The SMILES string of the molecule is CCN(CC)C(CNC(=NC)NCCC(F)(F)F)CC(C)C. The summed E-state index contributed by atoms with van der Waals surface area (Å²) in [4.78, 5) is 6.34. The normalized spacial score (nSPS) is 14.5. The van der Waals surface area contributed by atoms with Crippen LogP contribution in [0.15, 0.2) is 4.99 Å². The molecule has 7 heteroatoms. The zero-order chi connectivity index (χ0) is 17.2. The lowest BCUT2D eigenvalue weighted by Gasteiger charge is -2.31. The molecule has 0 saturated heterocycles. The second-order valence-electron chi connectivity index (χ2n) is 5.75. The summed E-state index contributed by atoms with van der Waals surface area (Å²) in [5.74, 6) is 0.984. The minimum Gasteiger partial charge on any atom is -0.356 e. The van der Waals surface area contributed by atoms with Crippen LogP contribution < -0.4 is 10.6 Å². The summed E-state index contributed by atoms with van der Waals surface area (Å²) in [7, 11) is 1.57.